The maximum Gasteiger partial charge on any atom is 0.127 e. The van der Waals surface area contributed by atoms with Gasteiger partial charge in [0.1, 0.15) is 17.1 Å². The van der Waals surface area contributed by atoms with E-state index in [9.17, 15) is 5.11 Å². The molecule has 1 atom stereocenters. The molecule has 0 heterocycles. The molecule has 0 aromatic heterocycles. The minimum Gasteiger partial charge on any atom is -0.507 e. The second kappa shape index (κ2) is 8.09. The van der Waals surface area contributed by atoms with Crippen molar-refractivity contribution in [3.8, 4) is 11.5 Å². The van der Waals surface area contributed by atoms with E-state index < -0.39 is 0 Å². The summed E-state index contributed by atoms with van der Waals surface area (Å²) >= 11 is 0. The zero-order valence-corrected chi connectivity index (χ0v) is 16.1. The van der Waals surface area contributed by atoms with Crippen LogP contribution in [0.1, 0.15) is 90.2 Å². The van der Waals surface area contributed by atoms with Crippen LogP contribution >= 0.6 is 0 Å². The van der Waals surface area contributed by atoms with Crippen LogP contribution in [0.25, 0.3) is 0 Å². The van der Waals surface area contributed by atoms with Gasteiger partial charge >= 0.3 is 0 Å². The number of aryl methyl sites for hydroxylation is 1. The van der Waals surface area contributed by atoms with Crippen LogP contribution in [0.5, 0.6) is 11.5 Å². The van der Waals surface area contributed by atoms with Gasteiger partial charge in [-0.25, -0.2) is 0 Å². The van der Waals surface area contributed by atoms with Gasteiger partial charge in [-0.3, -0.25) is 0 Å². The molecule has 0 saturated carbocycles. The number of allylic oxidation sites excluding steroid dienone is 2. The number of ether oxygens (including phenoxy) is 1. The van der Waals surface area contributed by atoms with Crippen LogP contribution < -0.4 is 4.74 Å². The van der Waals surface area contributed by atoms with Crippen LogP contribution in [0.4, 0.5) is 0 Å². The first-order valence-electron chi connectivity index (χ1n) is 9.52. The van der Waals surface area contributed by atoms with Gasteiger partial charge in [0, 0.05) is 11.5 Å². The minimum absolute atomic E-state index is 0.265. The molecule has 24 heavy (non-hydrogen) atoms. The fourth-order valence-electron chi connectivity index (χ4n) is 3.52. The zero-order chi connectivity index (χ0) is 17.7. The molecule has 2 heteroatoms. The van der Waals surface area contributed by atoms with Gasteiger partial charge in [0.15, 0.2) is 0 Å². The van der Waals surface area contributed by atoms with Crippen molar-refractivity contribution in [2.75, 3.05) is 0 Å². The first-order valence-corrected chi connectivity index (χ1v) is 9.52. The summed E-state index contributed by atoms with van der Waals surface area (Å²) in [7, 11) is 0. The number of hydrogen-bond donors (Lipinski definition) is 1. The third kappa shape index (κ3) is 5.29. The van der Waals surface area contributed by atoms with Crippen LogP contribution in [-0.2, 0) is 6.42 Å². The number of phenols is 1. The number of phenolic OH excluding ortho intramolecular Hbond substituents is 1. The fourth-order valence-corrected chi connectivity index (χ4v) is 3.52. The molecule has 0 fully saturated rings. The van der Waals surface area contributed by atoms with Crippen LogP contribution in [0.2, 0.25) is 0 Å². The van der Waals surface area contributed by atoms with Gasteiger partial charge in [0.25, 0.3) is 0 Å². The van der Waals surface area contributed by atoms with Gasteiger partial charge in [-0.05, 0) is 77.5 Å². The van der Waals surface area contributed by atoms with Crippen molar-refractivity contribution < 1.29 is 9.84 Å². The van der Waals surface area contributed by atoms with E-state index in [2.05, 4.69) is 46.8 Å². The largest absolute Gasteiger partial charge is 0.507 e. The van der Waals surface area contributed by atoms with Crippen LogP contribution in [-0.4, -0.2) is 10.7 Å². The lowest BCUT2D eigenvalue weighted by Crippen LogP contribution is -2.24. The van der Waals surface area contributed by atoms with Crippen molar-refractivity contribution in [3.63, 3.8) is 0 Å². The average Bonchev–Trinajstić information content (AvgIpc) is 2.45. The molecular weight excluding hydrogens is 296 g/mol. The molecule has 1 N–H and O–H groups in total. The van der Waals surface area contributed by atoms with Crippen molar-refractivity contribution in [1.82, 2.24) is 0 Å². The summed E-state index contributed by atoms with van der Waals surface area (Å²) in [5, 5.41) is 10.8. The second-order valence-corrected chi connectivity index (χ2v) is 8.21. The molecule has 1 aromatic carbocycles. The van der Waals surface area contributed by atoms with Gasteiger partial charge in [-0.2, -0.15) is 0 Å². The molecular formula is C22H34O2. The van der Waals surface area contributed by atoms with Crippen molar-refractivity contribution in [2.45, 2.75) is 91.1 Å². The third-order valence-electron chi connectivity index (χ3n) is 4.61. The highest BCUT2D eigenvalue weighted by Gasteiger charge is 2.24. The Hall–Kier alpha value is -1.44. The molecule has 0 bridgehead atoms. The lowest BCUT2D eigenvalue weighted by molar-refractivity contribution is 0.128. The van der Waals surface area contributed by atoms with Gasteiger partial charge in [0.2, 0.25) is 0 Å². The van der Waals surface area contributed by atoms with Gasteiger partial charge in [-0.15, -0.1) is 0 Å². The van der Waals surface area contributed by atoms with E-state index in [1.807, 2.05) is 6.07 Å². The molecule has 0 amide bonds. The Labute approximate surface area is 147 Å². The third-order valence-corrected chi connectivity index (χ3v) is 4.61. The quantitative estimate of drug-likeness (QED) is 0.475. The Morgan fingerprint density at radius 1 is 1.21 bits per heavy atom. The maximum atomic E-state index is 10.8. The number of hydrogen-bond acceptors (Lipinski definition) is 2. The summed E-state index contributed by atoms with van der Waals surface area (Å²) in [5.41, 5.74) is 3.31. The van der Waals surface area contributed by atoms with E-state index in [0.717, 1.165) is 30.6 Å². The van der Waals surface area contributed by atoms with Crippen molar-refractivity contribution in [1.29, 1.82) is 0 Å². The maximum absolute atomic E-state index is 10.8. The lowest BCUT2D eigenvalue weighted by atomic mass is 9.84. The van der Waals surface area contributed by atoms with Gasteiger partial charge in [0.05, 0.1) is 0 Å². The van der Waals surface area contributed by atoms with Crippen molar-refractivity contribution in [2.24, 2.45) is 0 Å². The Morgan fingerprint density at radius 2 is 1.96 bits per heavy atom. The summed E-state index contributed by atoms with van der Waals surface area (Å²) in [6.07, 6.45) is 10.3. The van der Waals surface area contributed by atoms with Crippen molar-refractivity contribution in [3.05, 3.63) is 34.9 Å². The Morgan fingerprint density at radius 3 is 2.58 bits per heavy atom. The second-order valence-electron chi connectivity index (χ2n) is 8.21. The molecule has 0 spiro atoms. The van der Waals surface area contributed by atoms with E-state index in [1.54, 1.807) is 0 Å². The van der Waals surface area contributed by atoms with Crippen LogP contribution in [0.3, 0.4) is 0 Å². The highest BCUT2D eigenvalue weighted by Crippen LogP contribution is 2.43. The van der Waals surface area contributed by atoms with Gasteiger partial charge < -0.3 is 9.84 Å². The molecule has 0 radical (unpaired) electrons. The van der Waals surface area contributed by atoms with E-state index >= 15 is 0 Å². The van der Waals surface area contributed by atoms with E-state index in [4.69, 9.17) is 4.74 Å². The molecule has 0 unspecified atom stereocenters. The van der Waals surface area contributed by atoms with Crippen molar-refractivity contribution >= 4 is 0 Å². The normalized spacial score (nSPS) is 18.4. The highest BCUT2D eigenvalue weighted by atomic mass is 16.5. The number of aromatic hydroxyl groups is 1. The zero-order valence-electron chi connectivity index (χ0n) is 16.1. The van der Waals surface area contributed by atoms with Crippen LogP contribution in [0, 0.1) is 0 Å². The number of rotatable bonds is 6. The standard InChI is InChI=1S/C22H34O2/c1-6-7-8-11-17-14-19(23)21(18-12-9-10-16(2)13-18)20(15-17)24-22(3,4)5/h13-15,18,23H,6-12H2,1-5H3/t18-/m0/s1. The molecule has 134 valence electrons. The monoisotopic (exact) mass is 330 g/mol. The first kappa shape index (κ1) is 18.9. The SMILES string of the molecule is CCCCCc1cc(O)c([C@@H]2C=C(C)CCC2)c(OC(C)(C)C)c1. The number of benzene rings is 1. The summed E-state index contributed by atoms with van der Waals surface area (Å²) in [6.45, 7) is 10.6. The molecule has 2 rings (SSSR count). The summed E-state index contributed by atoms with van der Waals surface area (Å²) in [5.74, 6) is 1.53. The van der Waals surface area contributed by atoms with Gasteiger partial charge in [-0.1, -0.05) is 31.4 Å². The summed E-state index contributed by atoms with van der Waals surface area (Å²) < 4.78 is 6.26. The summed E-state index contributed by atoms with van der Waals surface area (Å²) in [6, 6.07) is 4.12. The molecule has 1 aliphatic rings. The average molecular weight is 331 g/mol. The molecule has 1 aliphatic carbocycles. The first-order chi connectivity index (χ1) is 11.3. The minimum atomic E-state index is -0.267. The lowest BCUT2D eigenvalue weighted by Gasteiger charge is -2.28. The molecule has 0 aliphatic heterocycles. The predicted octanol–water partition coefficient (Wildman–Crippen LogP) is 6.52. The van der Waals surface area contributed by atoms with Crippen LogP contribution in [0.15, 0.2) is 23.8 Å². The van der Waals surface area contributed by atoms with E-state index in [-0.39, 0.29) is 11.5 Å². The topological polar surface area (TPSA) is 29.5 Å². The van der Waals surface area contributed by atoms with E-state index in [0.29, 0.717) is 5.75 Å². The Balaban J connectivity index is 2.38. The summed E-state index contributed by atoms with van der Waals surface area (Å²) in [4.78, 5) is 0. The Kier molecular flexibility index (Phi) is 6.37. The Bertz CT molecular complexity index is 578. The van der Waals surface area contributed by atoms with E-state index in [1.165, 1.54) is 36.8 Å². The highest BCUT2D eigenvalue weighted by molar-refractivity contribution is 5.51. The molecule has 1 aromatic rings. The predicted molar refractivity (Wildman–Crippen MR) is 102 cm³/mol. The smallest absolute Gasteiger partial charge is 0.127 e. The number of unbranched alkanes of at least 4 members (excludes halogenated alkanes) is 2. The molecule has 0 saturated heterocycles. The fraction of sp³-hybridized carbons (Fsp3) is 0.636. The molecule has 2 nitrogen and oxygen atoms in total.